The summed E-state index contributed by atoms with van der Waals surface area (Å²) in [5.74, 6) is 0. The Hall–Kier alpha value is -2.28. The van der Waals surface area contributed by atoms with Crippen LogP contribution in [0.4, 0.5) is 0 Å². The highest BCUT2D eigenvalue weighted by molar-refractivity contribution is 6.32. The molecule has 0 radical (unpaired) electrons. The lowest BCUT2D eigenvalue weighted by molar-refractivity contribution is 1.32. The molecule has 0 aliphatic carbocycles. The molecule has 0 saturated heterocycles. The van der Waals surface area contributed by atoms with Crippen LogP contribution in [-0.4, -0.2) is 9.97 Å². The molecule has 0 spiro atoms. The zero-order chi connectivity index (χ0) is 14.8. The summed E-state index contributed by atoms with van der Waals surface area (Å²) in [4.78, 5) is 7.15. The number of pyridine rings is 1. The molecule has 102 valence electrons. The Bertz CT molecular complexity index is 888. The smallest absolute Gasteiger partial charge is 0.0998 e. The summed E-state index contributed by atoms with van der Waals surface area (Å²) in [6.45, 7) is 0. The maximum atomic E-state index is 9.45. The van der Waals surface area contributed by atoms with Crippen molar-refractivity contribution in [2.75, 3.05) is 0 Å². The number of nitrogens with zero attached hydrogens (tertiary/aromatic N) is 2. The van der Waals surface area contributed by atoms with Gasteiger partial charge in [-0.05, 0) is 30.3 Å². The third-order valence-electron chi connectivity index (χ3n) is 3.15. The molecule has 21 heavy (non-hydrogen) atoms. The Balaban J connectivity index is 2.18. The molecule has 0 bridgehead atoms. The molecule has 2 heterocycles. The van der Waals surface area contributed by atoms with E-state index >= 15 is 0 Å². The van der Waals surface area contributed by atoms with Crippen molar-refractivity contribution in [2.24, 2.45) is 0 Å². The molecule has 3 aromatic rings. The van der Waals surface area contributed by atoms with E-state index in [1.165, 1.54) is 0 Å². The molecule has 0 aliphatic heterocycles. The van der Waals surface area contributed by atoms with Crippen LogP contribution in [0.1, 0.15) is 11.1 Å². The lowest BCUT2D eigenvalue weighted by Gasteiger charge is -2.00. The topological polar surface area (TPSA) is 52.5 Å². The molecular formula is C16H9Cl2N3. The van der Waals surface area contributed by atoms with Crippen LogP contribution in [0.2, 0.25) is 10.0 Å². The Labute approximate surface area is 131 Å². The molecule has 2 aromatic heterocycles. The Morgan fingerprint density at radius 2 is 2.14 bits per heavy atom. The predicted molar refractivity (Wildman–Crippen MR) is 86.0 cm³/mol. The number of rotatable bonds is 2. The zero-order valence-electron chi connectivity index (χ0n) is 10.8. The van der Waals surface area contributed by atoms with Gasteiger partial charge in [0.1, 0.15) is 0 Å². The van der Waals surface area contributed by atoms with Crippen LogP contribution in [0, 0.1) is 11.3 Å². The molecule has 0 amide bonds. The van der Waals surface area contributed by atoms with Gasteiger partial charge in [-0.2, -0.15) is 5.26 Å². The van der Waals surface area contributed by atoms with Gasteiger partial charge in [-0.15, -0.1) is 0 Å². The largest absolute Gasteiger partial charge is 0.361 e. The third kappa shape index (κ3) is 2.64. The lowest BCUT2D eigenvalue weighted by atomic mass is 10.0. The van der Waals surface area contributed by atoms with Crippen LogP contribution in [0.5, 0.6) is 0 Å². The molecular weight excluding hydrogens is 305 g/mol. The Kier molecular flexibility index (Phi) is 3.66. The number of hydrogen-bond acceptors (Lipinski definition) is 2. The highest BCUT2D eigenvalue weighted by Gasteiger charge is 2.10. The monoisotopic (exact) mass is 313 g/mol. The van der Waals surface area contributed by atoms with Crippen molar-refractivity contribution in [3.63, 3.8) is 0 Å². The van der Waals surface area contributed by atoms with Gasteiger partial charge in [0.15, 0.2) is 0 Å². The van der Waals surface area contributed by atoms with E-state index < -0.39 is 0 Å². The van der Waals surface area contributed by atoms with Crippen molar-refractivity contribution < 1.29 is 0 Å². The molecule has 3 rings (SSSR count). The molecule has 1 aromatic carbocycles. The van der Waals surface area contributed by atoms with Crippen LogP contribution in [-0.2, 0) is 0 Å². The molecule has 0 unspecified atom stereocenters. The van der Waals surface area contributed by atoms with Gasteiger partial charge in [-0.1, -0.05) is 23.2 Å². The fraction of sp³-hybridized carbons (Fsp3) is 0. The molecule has 0 atom stereocenters. The van der Waals surface area contributed by atoms with Gasteiger partial charge in [0.05, 0.1) is 16.7 Å². The van der Waals surface area contributed by atoms with Gasteiger partial charge in [0.25, 0.3) is 0 Å². The van der Waals surface area contributed by atoms with Crippen LogP contribution in [0.15, 0.2) is 42.9 Å². The highest BCUT2D eigenvalue weighted by Crippen LogP contribution is 2.29. The van der Waals surface area contributed by atoms with E-state index in [0.29, 0.717) is 21.2 Å². The van der Waals surface area contributed by atoms with Crippen molar-refractivity contribution in [1.29, 1.82) is 5.26 Å². The third-order valence-corrected chi connectivity index (χ3v) is 3.73. The number of nitrogens with one attached hydrogen (secondary N) is 1. The van der Waals surface area contributed by atoms with Crippen molar-refractivity contribution in [1.82, 2.24) is 9.97 Å². The van der Waals surface area contributed by atoms with E-state index in [1.54, 1.807) is 36.8 Å². The van der Waals surface area contributed by atoms with E-state index in [-0.39, 0.29) is 0 Å². The SMILES string of the molecule is N#C/C(=C\c1cnccc1Cl)c1c[nH]c2ccc(Cl)cc12. The van der Waals surface area contributed by atoms with Gasteiger partial charge >= 0.3 is 0 Å². The average molecular weight is 314 g/mol. The van der Waals surface area contributed by atoms with Crippen LogP contribution in [0.3, 0.4) is 0 Å². The number of allylic oxidation sites excluding steroid dienone is 1. The summed E-state index contributed by atoms with van der Waals surface area (Å²) in [5, 5.41) is 11.5. The number of halogens is 2. The Morgan fingerprint density at radius 3 is 2.90 bits per heavy atom. The number of aromatic nitrogens is 2. The first-order chi connectivity index (χ1) is 10.2. The van der Waals surface area contributed by atoms with E-state index in [9.17, 15) is 5.26 Å². The molecule has 1 N–H and O–H groups in total. The predicted octanol–water partition coefficient (Wildman–Crippen LogP) is 4.93. The van der Waals surface area contributed by atoms with Gasteiger partial charge < -0.3 is 4.98 Å². The van der Waals surface area contributed by atoms with Crippen molar-refractivity contribution >= 4 is 45.8 Å². The summed E-state index contributed by atoms with van der Waals surface area (Å²) < 4.78 is 0. The number of aromatic amines is 1. The first-order valence-electron chi connectivity index (χ1n) is 6.17. The van der Waals surface area contributed by atoms with Crippen molar-refractivity contribution in [3.8, 4) is 6.07 Å². The average Bonchev–Trinajstić information content (AvgIpc) is 2.89. The standard InChI is InChI=1S/C16H9Cl2N3/c17-12-1-2-16-13(6-12)14(9-21-16)10(7-19)5-11-8-20-4-3-15(11)18/h1-6,8-9,21H/b10-5+. The number of benzene rings is 1. The fourth-order valence-corrected chi connectivity index (χ4v) is 2.47. The van der Waals surface area contributed by atoms with E-state index in [1.807, 2.05) is 12.1 Å². The van der Waals surface area contributed by atoms with Gasteiger partial charge in [0, 0.05) is 45.6 Å². The number of H-pyrrole nitrogens is 1. The normalized spacial score (nSPS) is 11.6. The van der Waals surface area contributed by atoms with Gasteiger partial charge in [-0.25, -0.2) is 0 Å². The maximum absolute atomic E-state index is 9.45. The van der Waals surface area contributed by atoms with Crippen LogP contribution in [0.25, 0.3) is 22.6 Å². The quantitative estimate of drug-likeness (QED) is 0.682. The summed E-state index contributed by atoms with van der Waals surface area (Å²) in [6.07, 6.45) is 6.75. The molecule has 3 nitrogen and oxygen atoms in total. The minimum atomic E-state index is 0.499. The van der Waals surface area contributed by atoms with Gasteiger partial charge in [-0.3, -0.25) is 4.98 Å². The van der Waals surface area contributed by atoms with Crippen LogP contribution < -0.4 is 0 Å². The van der Waals surface area contributed by atoms with Gasteiger partial charge in [0.2, 0.25) is 0 Å². The Morgan fingerprint density at radius 1 is 1.29 bits per heavy atom. The first-order valence-corrected chi connectivity index (χ1v) is 6.93. The number of fused-ring (bicyclic) bond motifs is 1. The summed E-state index contributed by atoms with van der Waals surface area (Å²) in [5.41, 5.74) is 2.91. The molecule has 0 fully saturated rings. The fourth-order valence-electron chi connectivity index (χ4n) is 2.14. The second-order valence-corrected chi connectivity index (χ2v) is 5.30. The highest BCUT2D eigenvalue weighted by atomic mass is 35.5. The number of hydrogen-bond donors (Lipinski definition) is 1. The van der Waals surface area contributed by atoms with E-state index in [2.05, 4.69) is 16.0 Å². The minimum absolute atomic E-state index is 0.499. The van der Waals surface area contributed by atoms with E-state index in [0.717, 1.165) is 16.5 Å². The first kappa shape index (κ1) is 13.7. The minimum Gasteiger partial charge on any atom is -0.361 e. The van der Waals surface area contributed by atoms with Crippen molar-refractivity contribution in [2.45, 2.75) is 0 Å². The lowest BCUT2D eigenvalue weighted by Crippen LogP contribution is -1.83. The summed E-state index contributed by atoms with van der Waals surface area (Å²) in [6, 6.07) is 9.41. The molecule has 0 aliphatic rings. The van der Waals surface area contributed by atoms with Crippen LogP contribution >= 0.6 is 23.2 Å². The maximum Gasteiger partial charge on any atom is 0.0998 e. The summed E-state index contributed by atoms with van der Waals surface area (Å²) >= 11 is 12.1. The summed E-state index contributed by atoms with van der Waals surface area (Å²) in [7, 11) is 0. The second kappa shape index (κ2) is 5.61. The molecule has 5 heteroatoms. The number of nitriles is 1. The molecule has 0 saturated carbocycles. The van der Waals surface area contributed by atoms with Crippen molar-refractivity contribution in [3.05, 3.63) is 64.0 Å². The van der Waals surface area contributed by atoms with E-state index in [4.69, 9.17) is 23.2 Å². The zero-order valence-corrected chi connectivity index (χ0v) is 12.3. The second-order valence-electron chi connectivity index (χ2n) is 4.46.